The van der Waals surface area contributed by atoms with Crippen LogP contribution in [0.2, 0.25) is 5.02 Å². The van der Waals surface area contributed by atoms with Crippen molar-refractivity contribution in [3.8, 4) is 0 Å². The molecule has 28 heavy (non-hydrogen) atoms. The van der Waals surface area contributed by atoms with Gasteiger partial charge in [0.25, 0.3) is 5.91 Å². The summed E-state index contributed by atoms with van der Waals surface area (Å²) in [4.78, 5) is 19.9. The highest BCUT2D eigenvalue weighted by atomic mass is 35.5. The molecule has 3 aromatic carbocycles. The molecule has 5 heteroatoms. The summed E-state index contributed by atoms with van der Waals surface area (Å²) in [5.74, 6) is -0.0588. The zero-order valence-corrected chi connectivity index (χ0v) is 17.2. The topological polar surface area (TPSA) is 33.2 Å². The number of fused-ring (bicyclic) bond motifs is 1. The molecule has 1 amide bonds. The summed E-state index contributed by atoms with van der Waals surface area (Å²) in [6.45, 7) is 4.44. The van der Waals surface area contributed by atoms with Crippen LogP contribution in [0.4, 0.5) is 5.13 Å². The summed E-state index contributed by atoms with van der Waals surface area (Å²) in [6.07, 6.45) is 0. The molecule has 0 unspecified atom stereocenters. The average molecular weight is 407 g/mol. The molecule has 0 spiro atoms. The number of hydrogen-bond donors (Lipinski definition) is 0. The van der Waals surface area contributed by atoms with E-state index in [1.54, 1.807) is 4.90 Å². The first-order valence-corrected chi connectivity index (χ1v) is 10.2. The molecule has 0 saturated heterocycles. The second-order valence-electron chi connectivity index (χ2n) is 6.78. The zero-order chi connectivity index (χ0) is 19.7. The molecule has 1 aromatic heterocycles. The Balaban J connectivity index is 1.80. The van der Waals surface area contributed by atoms with E-state index in [0.29, 0.717) is 22.3 Å². The average Bonchev–Trinajstić information content (AvgIpc) is 3.12. The molecule has 140 valence electrons. The summed E-state index contributed by atoms with van der Waals surface area (Å²) >= 11 is 7.80. The molecule has 3 nitrogen and oxygen atoms in total. The number of thiazole rings is 1. The number of carbonyl (C=O) groups excluding carboxylic acids is 1. The number of anilines is 1. The van der Waals surface area contributed by atoms with Gasteiger partial charge in [0.1, 0.15) is 5.52 Å². The van der Waals surface area contributed by atoms with Crippen LogP contribution in [0.3, 0.4) is 0 Å². The van der Waals surface area contributed by atoms with Crippen LogP contribution in [-0.2, 0) is 6.54 Å². The quantitative estimate of drug-likeness (QED) is 0.392. The molecule has 0 fully saturated rings. The molecule has 0 N–H and O–H groups in total. The van der Waals surface area contributed by atoms with E-state index in [9.17, 15) is 4.79 Å². The molecule has 4 aromatic rings. The lowest BCUT2D eigenvalue weighted by molar-refractivity contribution is 0.0984. The van der Waals surface area contributed by atoms with Gasteiger partial charge in [-0.25, -0.2) is 4.98 Å². The monoisotopic (exact) mass is 406 g/mol. The third-order valence-electron chi connectivity index (χ3n) is 4.63. The van der Waals surface area contributed by atoms with Crippen molar-refractivity contribution in [3.63, 3.8) is 0 Å². The summed E-state index contributed by atoms with van der Waals surface area (Å²) in [7, 11) is 0. The number of aryl methyl sites for hydroxylation is 2. The maximum absolute atomic E-state index is 13.5. The first-order valence-electron chi connectivity index (χ1n) is 9.01. The fraction of sp³-hybridized carbons (Fsp3) is 0.130. The molecule has 0 aliphatic heterocycles. The minimum absolute atomic E-state index is 0.0588. The van der Waals surface area contributed by atoms with E-state index >= 15 is 0 Å². The number of carbonyl (C=O) groups is 1. The van der Waals surface area contributed by atoms with Crippen LogP contribution >= 0.6 is 22.9 Å². The summed E-state index contributed by atoms with van der Waals surface area (Å²) < 4.78 is 0.967. The van der Waals surface area contributed by atoms with Crippen molar-refractivity contribution in [2.75, 3.05) is 4.90 Å². The van der Waals surface area contributed by atoms with Gasteiger partial charge in [0, 0.05) is 5.56 Å². The normalized spacial score (nSPS) is 11.0. The summed E-state index contributed by atoms with van der Waals surface area (Å²) in [5, 5.41) is 1.25. The third kappa shape index (κ3) is 3.66. The van der Waals surface area contributed by atoms with Crippen LogP contribution < -0.4 is 4.90 Å². The van der Waals surface area contributed by atoms with Gasteiger partial charge in [0.2, 0.25) is 0 Å². The molecule has 0 radical (unpaired) electrons. The van der Waals surface area contributed by atoms with Gasteiger partial charge in [-0.1, -0.05) is 77.0 Å². The van der Waals surface area contributed by atoms with Gasteiger partial charge in [-0.3, -0.25) is 9.69 Å². The number of benzene rings is 3. The van der Waals surface area contributed by atoms with E-state index in [1.807, 2.05) is 80.6 Å². The summed E-state index contributed by atoms with van der Waals surface area (Å²) in [6, 6.07) is 21.5. The Labute approximate surface area is 173 Å². The molecule has 0 atom stereocenters. The van der Waals surface area contributed by atoms with Crippen molar-refractivity contribution in [2.45, 2.75) is 20.4 Å². The largest absolute Gasteiger partial charge is 0.279 e. The predicted octanol–water partition coefficient (Wildman–Crippen LogP) is 6.41. The summed E-state index contributed by atoms with van der Waals surface area (Å²) in [5.41, 5.74) is 4.56. The van der Waals surface area contributed by atoms with Gasteiger partial charge in [-0.2, -0.15) is 0 Å². The van der Waals surface area contributed by atoms with Crippen LogP contribution in [0.5, 0.6) is 0 Å². The maximum atomic E-state index is 13.5. The van der Waals surface area contributed by atoms with Gasteiger partial charge in [0.15, 0.2) is 5.13 Å². The number of nitrogens with zero attached hydrogens (tertiary/aromatic N) is 2. The highest BCUT2D eigenvalue weighted by Crippen LogP contribution is 2.34. The highest BCUT2D eigenvalue weighted by molar-refractivity contribution is 7.22. The van der Waals surface area contributed by atoms with E-state index < -0.39 is 0 Å². The molecule has 0 aliphatic carbocycles. The van der Waals surface area contributed by atoms with E-state index in [2.05, 4.69) is 0 Å². The highest BCUT2D eigenvalue weighted by Gasteiger charge is 2.23. The lowest BCUT2D eigenvalue weighted by Gasteiger charge is -2.21. The first kappa shape index (κ1) is 18.7. The Morgan fingerprint density at radius 2 is 1.82 bits per heavy atom. The lowest BCUT2D eigenvalue weighted by Crippen LogP contribution is -2.30. The predicted molar refractivity (Wildman–Crippen MR) is 118 cm³/mol. The molecular weight excluding hydrogens is 388 g/mol. The fourth-order valence-corrected chi connectivity index (χ4v) is 4.47. The molecule has 1 heterocycles. The maximum Gasteiger partial charge on any atom is 0.260 e. The molecule has 0 saturated carbocycles. The lowest BCUT2D eigenvalue weighted by atomic mass is 10.0. The van der Waals surface area contributed by atoms with E-state index in [1.165, 1.54) is 11.3 Å². The molecule has 0 bridgehead atoms. The van der Waals surface area contributed by atoms with Crippen LogP contribution in [0.1, 0.15) is 27.0 Å². The van der Waals surface area contributed by atoms with Gasteiger partial charge in [-0.05, 0) is 43.2 Å². The Hall–Kier alpha value is -2.69. The van der Waals surface area contributed by atoms with Crippen molar-refractivity contribution in [3.05, 3.63) is 94.0 Å². The molecular formula is C23H19ClN2OS. The van der Waals surface area contributed by atoms with E-state index in [4.69, 9.17) is 16.6 Å². The molecule has 4 rings (SSSR count). The zero-order valence-electron chi connectivity index (χ0n) is 15.6. The smallest absolute Gasteiger partial charge is 0.260 e. The van der Waals surface area contributed by atoms with E-state index in [-0.39, 0.29) is 5.91 Å². The van der Waals surface area contributed by atoms with Crippen molar-refractivity contribution >= 4 is 44.2 Å². The van der Waals surface area contributed by atoms with Crippen LogP contribution in [0.25, 0.3) is 10.2 Å². The fourth-order valence-electron chi connectivity index (χ4n) is 3.21. The number of halogens is 1. The first-order chi connectivity index (χ1) is 13.5. The van der Waals surface area contributed by atoms with E-state index in [0.717, 1.165) is 26.9 Å². The van der Waals surface area contributed by atoms with Crippen molar-refractivity contribution in [2.24, 2.45) is 0 Å². The van der Waals surface area contributed by atoms with Gasteiger partial charge in [-0.15, -0.1) is 0 Å². The number of hydrogen-bond acceptors (Lipinski definition) is 3. The van der Waals surface area contributed by atoms with Gasteiger partial charge in [0.05, 0.1) is 16.3 Å². The SMILES string of the molecule is Cc1ccc(C(=O)N(Cc2ccccc2)c2nc3c(Cl)cccc3s2)c(C)c1. The second-order valence-corrected chi connectivity index (χ2v) is 8.19. The van der Waals surface area contributed by atoms with Crippen LogP contribution in [-0.4, -0.2) is 10.9 Å². The Bertz CT molecular complexity index is 1150. The minimum atomic E-state index is -0.0588. The number of para-hydroxylation sites is 1. The standard InChI is InChI=1S/C23H19ClN2OS/c1-15-11-12-18(16(2)13-15)22(27)26(14-17-7-4-3-5-8-17)23-25-21-19(24)9-6-10-20(21)28-23/h3-13H,14H2,1-2H3. The Kier molecular flexibility index (Phi) is 5.16. The second kappa shape index (κ2) is 7.74. The number of rotatable bonds is 4. The minimum Gasteiger partial charge on any atom is -0.279 e. The molecule has 0 aliphatic rings. The van der Waals surface area contributed by atoms with Crippen molar-refractivity contribution in [1.82, 2.24) is 4.98 Å². The Morgan fingerprint density at radius 1 is 1.04 bits per heavy atom. The Morgan fingerprint density at radius 3 is 2.54 bits per heavy atom. The number of aromatic nitrogens is 1. The third-order valence-corrected chi connectivity index (χ3v) is 5.98. The van der Waals surface area contributed by atoms with Crippen LogP contribution in [0.15, 0.2) is 66.7 Å². The van der Waals surface area contributed by atoms with Crippen LogP contribution in [0, 0.1) is 13.8 Å². The van der Waals surface area contributed by atoms with Gasteiger partial charge < -0.3 is 0 Å². The van der Waals surface area contributed by atoms with Crippen molar-refractivity contribution in [1.29, 1.82) is 0 Å². The van der Waals surface area contributed by atoms with Crippen molar-refractivity contribution < 1.29 is 4.79 Å². The van der Waals surface area contributed by atoms with Gasteiger partial charge >= 0.3 is 0 Å². The number of amides is 1.